The summed E-state index contributed by atoms with van der Waals surface area (Å²) in [6, 6.07) is 76.6. The highest BCUT2D eigenvalue weighted by Gasteiger charge is 2.16. The summed E-state index contributed by atoms with van der Waals surface area (Å²) < 4.78 is 0. The van der Waals surface area contributed by atoms with Gasteiger partial charge in [-0.05, 0) is 109 Å². The third kappa shape index (κ3) is 5.86. The molecule has 9 aromatic rings. The van der Waals surface area contributed by atoms with E-state index in [-0.39, 0.29) is 0 Å². The first-order valence-electron chi connectivity index (χ1n) is 17.5. The van der Waals surface area contributed by atoms with E-state index in [0.29, 0.717) is 0 Å². The molecular formula is C50H35N. The quantitative estimate of drug-likeness (QED) is 0.155. The number of anilines is 3. The summed E-state index contributed by atoms with van der Waals surface area (Å²) in [6.07, 6.45) is 0. The minimum Gasteiger partial charge on any atom is -0.310 e. The molecule has 240 valence electrons. The SMILES string of the molecule is c1ccc(-c2ccc(N(c3ccc(-c4ccccc4-c4cc5ccccc5c5ccccc45)cc3)c3cccc(-c4ccccc4)c3)cc2)cc1. The van der Waals surface area contributed by atoms with Crippen LogP contribution in [-0.4, -0.2) is 0 Å². The molecule has 0 aromatic heterocycles. The molecule has 0 heterocycles. The molecule has 1 heteroatoms. The lowest BCUT2D eigenvalue weighted by Gasteiger charge is -2.26. The average Bonchev–Trinajstić information content (AvgIpc) is 3.22. The van der Waals surface area contributed by atoms with Gasteiger partial charge in [0.1, 0.15) is 0 Å². The summed E-state index contributed by atoms with van der Waals surface area (Å²) in [7, 11) is 0. The van der Waals surface area contributed by atoms with Crippen molar-refractivity contribution in [2.24, 2.45) is 0 Å². The highest BCUT2D eigenvalue weighted by Crippen LogP contribution is 2.42. The van der Waals surface area contributed by atoms with Gasteiger partial charge in [-0.2, -0.15) is 0 Å². The summed E-state index contributed by atoms with van der Waals surface area (Å²) in [5, 5.41) is 5.08. The van der Waals surface area contributed by atoms with Crippen molar-refractivity contribution >= 4 is 38.6 Å². The fourth-order valence-electron chi connectivity index (χ4n) is 7.37. The second-order valence-corrected chi connectivity index (χ2v) is 12.9. The Morgan fingerprint density at radius 1 is 0.235 bits per heavy atom. The van der Waals surface area contributed by atoms with Gasteiger partial charge in [0.15, 0.2) is 0 Å². The third-order valence-electron chi connectivity index (χ3n) is 9.87. The zero-order valence-electron chi connectivity index (χ0n) is 28.2. The Kier molecular flexibility index (Phi) is 7.92. The molecule has 0 spiro atoms. The van der Waals surface area contributed by atoms with Crippen LogP contribution in [0.15, 0.2) is 212 Å². The van der Waals surface area contributed by atoms with Crippen LogP contribution >= 0.6 is 0 Å². The smallest absolute Gasteiger partial charge is 0.0467 e. The highest BCUT2D eigenvalue weighted by atomic mass is 15.1. The maximum Gasteiger partial charge on any atom is 0.0467 e. The first-order chi connectivity index (χ1) is 25.3. The second-order valence-electron chi connectivity index (χ2n) is 12.9. The van der Waals surface area contributed by atoms with Gasteiger partial charge in [0, 0.05) is 17.1 Å². The molecule has 0 radical (unpaired) electrons. The van der Waals surface area contributed by atoms with Crippen LogP contribution in [-0.2, 0) is 0 Å². The standard InChI is InChI=1S/C50H35N/c1-3-14-36(15-4-1)38-26-30-42(31-27-38)51(44-20-13-19-40(34-44)37-16-5-2-6-17-37)43-32-28-39(29-33-43)45-21-9-10-24-48(45)50-35-41-18-7-8-22-46(41)47-23-11-12-25-49(47)50/h1-35H. The Balaban J connectivity index is 1.14. The van der Waals surface area contributed by atoms with E-state index in [1.165, 1.54) is 66.1 Å². The molecule has 1 nitrogen and oxygen atoms in total. The van der Waals surface area contributed by atoms with Gasteiger partial charge in [-0.15, -0.1) is 0 Å². The molecule has 0 saturated heterocycles. The molecule has 0 aliphatic rings. The van der Waals surface area contributed by atoms with Gasteiger partial charge >= 0.3 is 0 Å². The molecule has 0 aliphatic carbocycles. The van der Waals surface area contributed by atoms with E-state index in [1.54, 1.807) is 0 Å². The number of rotatable bonds is 7. The molecule has 51 heavy (non-hydrogen) atoms. The van der Waals surface area contributed by atoms with E-state index in [2.05, 4.69) is 217 Å². The van der Waals surface area contributed by atoms with Crippen LogP contribution in [0.4, 0.5) is 17.1 Å². The van der Waals surface area contributed by atoms with E-state index in [4.69, 9.17) is 0 Å². The van der Waals surface area contributed by atoms with Gasteiger partial charge in [-0.25, -0.2) is 0 Å². The van der Waals surface area contributed by atoms with Gasteiger partial charge in [0.25, 0.3) is 0 Å². The third-order valence-corrected chi connectivity index (χ3v) is 9.87. The zero-order valence-corrected chi connectivity index (χ0v) is 28.2. The summed E-state index contributed by atoms with van der Waals surface area (Å²) >= 11 is 0. The number of hydrogen-bond acceptors (Lipinski definition) is 1. The van der Waals surface area contributed by atoms with E-state index >= 15 is 0 Å². The first-order valence-corrected chi connectivity index (χ1v) is 17.5. The predicted octanol–water partition coefficient (Wildman–Crippen LogP) is 14.1. The maximum absolute atomic E-state index is 2.35. The van der Waals surface area contributed by atoms with Gasteiger partial charge in [0.05, 0.1) is 0 Å². The van der Waals surface area contributed by atoms with Crippen molar-refractivity contribution in [1.29, 1.82) is 0 Å². The number of fused-ring (bicyclic) bond motifs is 3. The van der Waals surface area contributed by atoms with E-state index in [9.17, 15) is 0 Å². The molecular weight excluding hydrogens is 615 g/mol. The van der Waals surface area contributed by atoms with Crippen molar-refractivity contribution < 1.29 is 0 Å². The fourth-order valence-corrected chi connectivity index (χ4v) is 7.37. The molecule has 9 rings (SSSR count). The summed E-state index contributed by atoms with van der Waals surface area (Å²) in [5.41, 5.74) is 13.0. The van der Waals surface area contributed by atoms with Crippen molar-refractivity contribution in [2.75, 3.05) is 4.90 Å². The van der Waals surface area contributed by atoms with Crippen LogP contribution in [0.3, 0.4) is 0 Å². The topological polar surface area (TPSA) is 3.24 Å². The highest BCUT2D eigenvalue weighted by molar-refractivity contribution is 6.14. The van der Waals surface area contributed by atoms with Crippen molar-refractivity contribution in [2.45, 2.75) is 0 Å². The van der Waals surface area contributed by atoms with Gasteiger partial charge < -0.3 is 4.90 Å². The van der Waals surface area contributed by atoms with E-state index < -0.39 is 0 Å². The summed E-state index contributed by atoms with van der Waals surface area (Å²) in [5.74, 6) is 0. The lowest BCUT2D eigenvalue weighted by atomic mass is 9.89. The van der Waals surface area contributed by atoms with Crippen LogP contribution in [0.2, 0.25) is 0 Å². The van der Waals surface area contributed by atoms with E-state index in [0.717, 1.165) is 17.1 Å². The molecule has 0 N–H and O–H groups in total. The van der Waals surface area contributed by atoms with Crippen LogP contribution in [0.25, 0.3) is 66.1 Å². The molecule has 0 bridgehead atoms. The lowest BCUT2D eigenvalue weighted by Crippen LogP contribution is -2.10. The molecule has 0 aliphatic heterocycles. The first kappa shape index (κ1) is 30.4. The van der Waals surface area contributed by atoms with Crippen molar-refractivity contribution in [3.63, 3.8) is 0 Å². The Bertz CT molecular complexity index is 2600. The monoisotopic (exact) mass is 649 g/mol. The number of benzene rings is 9. The maximum atomic E-state index is 2.35. The van der Waals surface area contributed by atoms with Crippen molar-refractivity contribution in [1.82, 2.24) is 0 Å². The van der Waals surface area contributed by atoms with Crippen molar-refractivity contribution in [3.8, 4) is 44.5 Å². The minimum atomic E-state index is 1.10. The predicted molar refractivity (Wildman–Crippen MR) is 218 cm³/mol. The summed E-state index contributed by atoms with van der Waals surface area (Å²) in [6.45, 7) is 0. The van der Waals surface area contributed by atoms with Gasteiger partial charge in [-0.3, -0.25) is 0 Å². The molecule has 0 amide bonds. The molecule has 0 atom stereocenters. The number of hydrogen-bond donors (Lipinski definition) is 0. The molecule has 0 saturated carbocycles. The van der Waals surface area contributed by atoms with Crippen LogP contribution < -0.4 is 4.90 Å². The Hall–Kier alpha value is -6.70. The average molecular weight is 650 g/mol. The number of nitrogens with zero attached hydrogens (tertiary/aromatic N) is 1. The Morgan fingerprint density at radius 2 is 0.725 bits per heavy atom. The van der Waals surface area contributed by atoms with Crippen LogP contribution in [0, 0.1) is 0 Å². The normalized spacial score (nSPS) is 11.1. The van der Waals surface area contributed by atoms with Crippen LogP contribution in [0.1, 0.15) is 0 Å². The van der Waals surface area contributed by atoms with Gasteiger partial charge in [-0.1, -0.05) is 170 Å². The summed E-state index contributed by atoms with van der Waals surface area (Å²) in [4.78, 5) is 2.35. The van der Waals surface area contributed by atoms with Crippen LogP contribution in [0.5, 0.6) is 0 Å². The fraction of sp³-hybridized carbons (Fsp3) is 0. The Morgan fingerprint density at radius 3 is 1.41 bits per heavy atom. The minimum absolute atomic E-state index is 1.10. The largest absolute Gasteiger partial charge is 0.310 e. The molecule has 0 fully saturated rings. The zero-order chi connectivity index (χ0) is 34.0. The van der Waals surface area contributed by atoms with Gasteiger partial charge in [0.2, 0.25) is 0 Å². The molecule has 0 unspecified atom stereocenters. The van der Waals surface area contributed by atoms with Crippen molar-refractivity contribution in [3.05, 3.63) is 212 Å². The second kappa shape index (κ2) is 13.3. The lowest BCUT2D eigenvalue weighted by molar-refractivity contribution is 1.28. The Labute approximate surface area is 299 Å². The molecule has 9 aromatic carbocycles. The van der Waals surface area contributed by atoms with E-state index in [1.807, 2.05) is 0 Å².